The van der Waals surface area contributed by atoms with Crippen LogP contribution in [0.25, 0.3) is 0 Å². The summed E-state index contributed by atoms with van der Waals surface area (Å²) < 4.78 is 0. The molecule has 0 aromatic carbocycles. The maximum atomic E-state index is 11.8. The zero-order chi connectivity index (χ0) is 13.9. The normalized spacial score (nSPS) is 13.1. The Morgan fingerprint density at radius 1 is 1.50 bits per heavy atom. The number of carboxylic acid groups (broad SMARTS) is 1. The molecular formula is C12H18N2O3S. The average molecular weight is 270 g/mol. The van der Waals surface area contributed by atoms with Gasteiger partial charge < -0.3 is 10.4 Å². The van der Waals surface area contributed by atoms with Gasteiger partial charge in [0.1, 0.15) is 11.7 Å². The van der Waals surface area contributed by atoms with Crippen LogP contribution in [0, 0.1) is 0 Å². The topological polar surface area (TPSA) is 79.3 Å². The predicted molar refractivity (Wildman–Crippen MR) is 70.0 cm³/mol. The molecule has 0 saturated carbocycles. The van der Waals surface area contributed by atoms with Gasteiger partial charge in [-0.05, 0) is 6.42 Å². The van der Waals surface area contributed by atoms with E-state index in [9.17, 15) is 9.59 Å². The summed E-state index contributed by atoms with van der Waals surface area (Å²) in [7, 11) is 0. The molecule has 0 aliphatic carbocycles. The van der Waals surface area contributed by atoms with E-state index in [1.165, 1.54) is 11.3 Å². The fraction of sp³-hybridized carbons (Fsp3) is 0.583. The van der Waals surface area contributed by atoms with Gasteiger partial charge in [0.2, 0.25) is 0 Å². The number of hydrogen-bond donors (Lipinski definition) is 2. The van der Waals surface area contributed by atoms with E-state index in [1.54, 1.807) is 12.3 Å². The van der Waals surface area contributed by atoms with Crippen LogP contribution in [0.4, 0.5) is 0 Å². The van der Waals surface area contributed by atoms with E-state index in [4.69, 9.17) is 5.11 Å². The van der Waals surface area contributed by atoms with Gasteiger partial charge in [0.15, 0.2) is 0 Å². The second-order valence-electron chi connectivity index (χ2n) is 5.06. The van der Waals surface area contributed by atoms with Gasteiger partial charge in [-0.1, -0.05) is 27.7 Å². The first-order valence-corrected chi connectivity index (χ1v) is 6.63. The molecule has 1 heterocycles. The molecule has 0 aliphatic rings. The van der Waals surface area contributed by atoms with E-state index in [0.717, 1.165) is 5.01 Å². The molecule has 0 spiro atoms. The second kappa shape index (κ2) is 5.48. The number of aromatic nitrogens is 1. The fourth-order valence-electron chi connectivity index (χ4n) is 1.29. The molecule has 0 aliphatic heterocycles. The van der Waals surface area contributed by atoms with Crippen LogP contribution < -0.4 is 5.32 Å². The van der Waals surface area contributed by atoms with Crippen LogP contribution in [-0.2, 0) is 10.2 Å². The summed E-state index contributed by atoms with van der Waals surface area (Å²) in [6.45, 7) is 7.75. The van der Waals surface area contributed by atoms with Crippen LogP contribution >= 0.6 is 11.3 Å². The Kier molecular flexibility index (Phi) is 4.45. The minimum Gasteiger partial charge on any atom is -0.480 e. The highest BCUT2D eigenvalue weighted by atomic mass is 32.1. The maximum Gasteiger partial charge on any atom is 0.326 e. The lowest BCUT2D eigenvalue weighted by atomic mass is 9.98. The highest BCUT2D eigenvalue weighted by Crippen LogP contribution is 2.25. The van der Waals surface area contributed by atoms with Gasteiger partial charge in [0.25, 0.3) is 5.91 Å². The molecule has 1 aromatic heterocycles. The lowest BCUT2D eigenvalue weighted by Gasteiger charge is -2.14. The minimum atomic E-state index is -1.03. The lowest BCUT2D eigenvalue weighted by Crippen LogP contribution is -2.40. The second-order valence-corrected chi connectivity index (χ2v) is 5.92. The molecule has 100 valence electrons. The van der Waals surface area contributed by atoms with Crippen LogP contribution in [0.3, 0.4) is 0 Å². The minimum absolute atomic E-state index is 0.111. The number of aliphatic carboxylic acids is 1. The fourth-order valence-corrected chi connectivity index (χ4v) is 2.18. The summed E-state index contributed by atoms with van der Waals surface area (Å²) in [6.07, 6.45) is 0.345. The van der Waals surface area contributed by atoms with Crippen molar-refractivity contribution < 1.29 is 14.7 Å². The van der Waals surface area contributed by atoms with Crippen molar-refractivity contribution in [2.24, 2.45) is 0 Å². The number of rotatable bonds is 4. The van der Waals surface area contributed by atoms with Crippen molar-refractivity contribution in [2.75, 3.05) is 0 Å². The van der Waals surface area contributed by atoms with Gasteiger partial charge in [0.05, 0.1) is 5.01 Å². The Balaban J connectivity index is 2.79. The van der Waals surface area contributed by atoms with Crippen molar-refractivity contribution in [1.82, 2.24) is 10.3 Å². The van der Waals surface area contributed by atoms with Crippen LogP contribution in [0.2, 0.25) is 0 Å². The summed E-state index contributed by atoms with van der Waals surface area (Å²) in [4.78, 5) is 26.9. The quantitative estimate of drug-likeness (QED) is 0.877. The molecular weight excluding hydrogens is 252 g/mol. The van der Waals surface area contributed by atoms with E-state index in [1.807, 2.05) is 20.8 Å². The van der Waals surface area contributed by atoms with Crippen LogP contribution in [0.1, 0.15) is 49.6 Å². The van der Waals surface area contributed by atoms with Gasteiger partial charge >= 0.3 is 5.97 Å². The molecule has 0 radical (unpaired) electrons. The standard InChI is InChI=1S/C12H18N2O3S/c1-5-7(10(16)17)13-9(15)8-6-18-11(14-8)12(2,3)4/h6-7H,5H2,1-4H3,(H,13,15)(H,16,17). The van der Waals surface area contributed by atoms with Gasteiger partial charge in [-0.3, -0.25) is 4.79 Å². The Hall–Kier alpha value is -1.43. The zero-order valence-corrected chi connectivity index (χ0v) is 11.8. The lowest BCUT2D eigenvalue weighted by molar-refractivity contribution is -0.139. The van der Waals surface area contributed by atoms with Crippen LogP contribution in [0.5, 0.6) is 0 Å². The molecule has 1 unspecified atom stereocenters. The molecule has 6 heteroatoms. The molecule has 2 N–H and O–H groups in total. The molecule has 0 bridgehead atoms. The van der Waals surface area contributed by atoms with E-state index >= 15 is 0 Å². The van der Waals surface area contributed by atoms with E-state index in [-0.39, 0.29) is 11.1 Å². The number of carbonyl (C=O) groups excluding carboxylic acids is 1. The zero-order valence-electron chi connectivity index (χ0n) is 11.0. The first-order valence-electron chi connectivity index (χ1n) is 5.75. The molecule has 5 nitrogen and oxygen atoms in total. The van der Waals surface area contributed by atoms with Gasteiger partial charge in [-0.15, -0.1) is 11.3 Å². The summed E-state index contributed by atoms with van der Waals surface area (Å²) >= 11 is 1.41. The molecule has 1 amide bonds. The number of nitrogens with one attached hydrogen (secondary N) is 1. The van der Waals surface area contributed by atoms with Crippen molar-refractivity contribution in [1.29, 1.82) is 0 Å². The number of carboxylic acids is 1. The molecule has 1 aromatic rings. The third-order valence-corrected chi connectivity index (χ3v) is 3.66. The van der Waals surface area contributed by atoms with Gasteiger partial charge in [0, 0.05) is 10.8 Å². The first kappa shape index (κ1) is 14.6. The third-order valence-electron chi connectivity index (χ3n) is 2.39. The highest BCUT2D eigenvalue weighted by molar-refractivity contribution is 7.10. The highest BCUT2D eigenvalue weighted by Gasteiger charge is 2.23. The monoisotopic (exact) mass is 270 g/mol. The maximum absolute atomic E-state index is 11.8. The molecule has 1 rings (SSSR count). The van der Waals surface area contributed by atoms with Crippen molar-refractivity contribution >= 4 is 23.2 Å². The Morgan fingerprint density at radius 3 is 2.50 bits per heavy atom. The largest absolute Gasteiger partial charge is 0.480 e. The molecule has 0 fully saturated rings. The third kappa shape index (κ3) is 3.53. The van der Waals surface area contributed by atoms with Crippen molar-refractivity contribution in [3.63, 3.8) is 0 Å². The van der Waals surface area contributed by atoms with E-state index in [2.05, 4.69) is 10.3 Å². The van der Waals surface area contributed by atoms with E-state index < -0.39 is 17.9 Å². The van der Waals surface area contributed by atoms with Crippen molar-refractivity contribution in [3.05, 3.63) is 16.1 Å². The summed E-state index contributed by atoms with van der Waals surface area (Å²) in [5.41, 5.74) is 0.171. The Bertz CT molecular complexity index is 448. The van der Waals surface area contributed by atoms with Gasteiger partial charge in [-0.25, -0.2) is 9.78 Å². The summed E-state index contributed by atoms with van der Waals surface area (Å²) in [5.74, 6) is -1.46. The number of amides is 1. The summed E-state index contributed by atoms with van der Waals surface area (Å²) in [6, 6.07) is -0.864. The van der Waals surface area contributed by atoms with Crippen molar-refractivity contribution in [3.8, 4) is 0 Å². The van der Waals surface area contributed by atoms with Crippen molar-refractivity contribution in [2.45, 2.75) is 45.6 Å². The van der Waals surface area contributed by atoms with Crippen LogP contribution in [-0.4, -0.2) is 28.0 Å². The molecule has 1 atom stereocenters. The molecule has 18 heavy (non-hydrogen) atoms. The number of nitrogens with zero attached hydrogens (tertiary/aromatic N) is 1. The number of hydrogen-bond acceptors (Lipinski definition) is 4. The smallest absolute Gasteiger partial charge is 0.326 e. The number of carbonyl (C=O) groups is 2. The summed E-state index contributed by atoms with van der Waals surface area (Å²) in [5, 5.41) is 13.8. The first-order chi connectivity index (χ1) is 8.25. The van der Waals surface area contributed by atoms with E-state index in [0.29, 0.717) is 6.42 Å². The predicted octanol–water partition coefficient (Wildman–Crippen LogP) is 2.03. The number of thiazole rings is 1. The Morgan fingerprint density at radius 2 is 2.11 bits per heavy atom. The van der Waals surface area contributed by atoms with Crippen LogP contribution in [0.15, 0.2) is 5.38 Å². The Labute approximate surface area is 110 Å². The van der Waals surface area contributed by atoms with Gasteiger partial charge in [-0.2, -0.15) is 0 Å². The average Bonchev–Trinajstić information content (AvgIpc) is 2.73. The SMILES string of the molecule is CCC(NC(=O)c1csc(C(C)(C)C)n1)C(=O)O. The molecule has 0 saturated heterocycles.